The Hall–Kier alpha value is -6.91. The minimum atomic E-state index is -5.19. The van der Waals surface area contributed by atoms with Crippen molar-refractivity contribution in [1.82, 2.24) is 10.6 Å². The quantitative estimate of drug-likeness (QED) is 0.0200. The van der Waals surface area contributed by atoms with Crippen molar-refractivity contribution in [1.29, 1.82) is 0 Å². The minimum absolute atomic E-state index is 0.0362. The van der Waals surface area contributed by atoms with Crippen LogP contribution >= 0.6 is 11.8 Å². The molecule has 1 saturated carbocycles. The highest BCUT2D eigenvalue weighted by atomic mass is 32.2. The standard InChI is InChI=1S/C51H54F3N5O16S3/c52-43-44(53)48(46(45(54)47(43)78(55,71)72)57-28-8-4-2-1-3-5-9-28)77(69,70)23-17-39(61)56-18-20-74-22-21-73-19-16-40(62)58-35(51(67)68)27-76-38-26-41(63)59(49(38)64)29-12-14-31(34(24-29)50(65)66)42-32-10-6-7-11-36(32)75-37-25-30(60)13-15-33(37)42/h6-7,10-15,24-25,28,35,38,57H,1-5,8-9,16-23,26-27H2,(H,56,61)(H,58,62)(H,65,66)(H,67,68)(H2,55,71,72). The van der Waals surface area contributed by atoms with Crippen molar-refractivity contribution >= 4 is 89.5 Å². The number of carboxylic acid groups (broad SMARTS) is 2. The molecule has 2 atom stereocenters. The van der Waals surface area contributed by atoms with Crippen molar-refractivity contribution in [2.75, 3.05) is 54.7 Å². The van der Waals surface area contributed by atoms with Crippen LogP contribution in [0, 0.1) is 17.5 Å². The van der Waals surface area contributed by atoms with Gasteiger partial charge < -0.3 is 40.1 Å². The molecule has 27 heteroatoms. The Kier molecular flexibility index (Phi) is 19.4. The second-order valence-electron chi connectivity index (χ2n) is 18.3. The van der Waals surface area contributed by atoms with Crippen molar-refractivity contribution in [2.24, 2.45) is 5.14 Å². The van der Waals surface area contributed by atoms with Gasteiger partial charge in [0.2, 0.25) is 33.7 Å². The van der Waals surface area contributed by atoms with Gasteiger partial charge in [0.05, 0.1) is 54.4 Å². The van der Waals surface area contributed by atoms with E-state index in [1.165, 1.54) is 36.4 Å². The Morgan fingerprint density at radius 2 is 1.46 bits per heavy atom. The largest absolute Gasteiger partial charge is 0.480 e. The minimum Gasteiger partial charge on any atom is -0.480 e. The average Bonchev–Trinajstić information content (AvgIpc) is 3.80. The molecule has 7 rings (SSSR count). The Bertz CT molecular complexity index is 3390. The molecular formula is C51H54F3N5O16S3. The highest BCUT2D eigenvalue weighted by molar-refractivity contribution is 8.00. The van der Waals surface area contributed by atoms with Crippen LogP contribution in [0.5, 0.6) is 0 Å². The number of para-hydroxylation sites is 1. The predicted octanol–water partition coefficient (Wildman–Crippen LogP) is 5.19. The number of amides is 4. The SMILES string of the molecule is NS(=O)(=O)c1c(F)c(F)c(S(=O)(=O)CCC(=O)NCCOCCOCCC(=O)NC(CSC2CC(=O)N(c3ccc(-c4c5ccc(=O)cc-5oc5ccccc45)c(C(=O)O)c3)C2=O)C(=O)O)c(NC2CCCCCCC2)c1F. The summed E-state index contributed by atoms with van der Waals surface area (Å²) in [5, 5.41) is 32.0. The van der Waals surface area contributed by atoms with Gasteiger partial charge >= 0.3 is 11.9 Å². The van der Waals surface area contributed by atoms with Crippen LogP contribution < -0.4 is 31.4 Å². The van der Waals surface area contributed by atoms with E-state index in [-0.39, 0.29) is 79.6 Å². The number of carbonyl (C=O) groups excluding carboxylic acids is 4. The van der Waals surface area contributed by atoms with Gasteiger partial charge in [0.15, 0.2) is 37.6 Å². The lowest BCUT2D eigenvalue weighted by Crippen LogP contribution is -2.43. The van der Waals surface area contributed by atoms with Crippen LogP contribution in [-0.4, -0.2) is 124 Å². The number of sulfone groups is 1. The number of nitrogens with one attached hydrogen (secondary N) is 3. The molecule has 7 N–H and O–H groups in total. The van der Waals surface area contributed by atoms with Crippen LogP contribution in [0.25, 0.3) is 33.4 Å². The van der Waals surface area contributed by atoms with Crippen molar-refractivity contribution < 1.29 is 82.9 Å². The molecule has 0 radical (unpaired) electrons. The highest BCUT2D eigenvalue weighted by Gasteiger charge is 2.42. The van der Waals surface area contributed by atoms with Gasteiger partial charge in [-0.2, -0.15) is 0 Å². The smallest absolute Gasteiger partial charge is 0.336 e. The van der Waals surface area contributed by atoms with Crippen molar-refractivity contribution in [3.05, 3.63) is 93.9 Å². The fourth-order valence-corrected chi connectivity index (χ4v) is 12.4. The fraction of sp³-hybridized carbons (Fsp3) is 0.392. The van der Waals surface area contributed by atoms with E-state index in [2.05, 4.69) is 16.0 Å². The second-order valence-corrected chi connectivity index (χ2v) is 23.1. The van der Waals surface area contributed by atoms with Crippen molar-refractivity contribution in [3.8, 4) is 22.5 Å². The van der Waals surface area contributed by atoms with Gasteiger partial charge in [-0.25, -0.2) is 49.6 Å². The van der Waals surface area contributed by atoms with Crippen molar-refractivity contribution in [3.63, 3.8) is 0 Å². The number of hydrogen-bond donors (Lipinski definition) is 6. The first-order chi connectivity index (χ1) is 37.1. The lowest BCUT2D eigenvalue weighted by Gasteiger charge is -2.25. The zero-order valence-electron chi connectivity index (χ0n) is 41.5. The van der Waals surface area contributed by atoms with E-state index >= 15 is 8.78 Å². The maximum atomic E-state index is 15.7. The van der Waals surface area contributed by atoms with E-state index in [9.17, 15) is 65.0 Å². The number of aliphatic carboxylic acids is 1. The van der Waals surface area contributed by atoms with E-state index < -0.39 is 118 Å². The summed E-state index contributed by atoms with van der Waals surface area (Å²) in [7, 11) is -10.2. The monoisotopic (exact) mass is 1150 g/mol. The summed E-state index contributed by atoms with van der Waals surface area (Å²) in [6.07, 6.45) is 3.31. The molecule has 418 valence electrons. The van der Waals surface area contributed by atoms with Gasteiger partial charge in [-0.1, -0.05) is 56.4 Å². The van der Waals surface area contributed by atoms with Crippen LogP contribution in [-0.2, 0) is 53.3 Å². The van der Waals surface area contributed by atoms with E-state index in [1.54, 1.807) is 24.3 Å². The molecule has 78 heavy (non-hydrogen) atoms. The number of carbonyl (C=O) groups is 6. The van der Waals surface area contributed by atoms with E-state index in [4.69, 9.17) is 19.0 Å². The number of benzene rings is 4. The lowest BCUT2D eigenvalue weighted by atomic mass is 9.90. The van der Waals surface area contributed by atoms with Gasteiger partial charge in [-0.05, 0) is 48.7 Å². The molecule has 4 aliphatic rings. The van der Waals surface area contributed by atoms with Gasteiger partial charge in [0.1, 0.15) is 22.3 Å². The number of thioether (sulfide) groups is 1. The number of nitrogens with two attached hydrogens (primary N) is 1. The first-order valence-corrected chi connectivity index (χ1v) is 28.8. The normalized spacial score (nSPS) is 16.0. The number of fused-ring (bicyclic) bond motifs is 2. The summed E-state index contributed by atoms with van der Waals surface area (Å²) in [4.78, 5) is 86.7. The zero-order chi connectivity index (χ0) is 56.5. The van der Waals surface area contributed by atoms with Gasteiger partial charge in [-0.15, -0.1) is 11.8 Å². The van der Waals surface area contributed by atoms with Crippen LogP contribution in [0.4, 0.5) is 24.5 Å². The third-order valence-electron chi connectivity index (χ3n) is 12.9. The maximum Gasteiger partial charge on any atom is 0.336 e. The number of ether oxygens (including phenoxy) is 2. The lowest BCUT2D eigenvalue weighted by molar-refractivity contribution is -0.141. The molecule has 0 aromatic heterocycles. The summed E-state index contributed by atoms with van der Waals surface area (Å²) in [5.74, 6) is -13.3. The topological polar surface area (TPSA) is 325 Å². The first kappa shape index (κ1) is 58.8. The molecule has 2 aliphatic heterocycles. The number of primary sulfonamides is 1. The number of anilines is 2. The van der Waals surface area contributed by atoms with Gasteiger partial charge in [0.25, 0.3) is 0 Å². The number of nitrogens with zero attached hydrogens (tertiary/aromatic N) is 1. The predicted molar refractivity (Wildman–Crippen MR) is 278 cm³/mol. The second kappa shape index (κ2) is 25.7. The molecule has 1 saturated heterocycles. The van der Waals surface area contributed by atoms with Crippen LogP contribution in [0.1, 0.15) is 74.6 Å². The van der Waals surface area contributed by atoms with Crippen molar-refractivity contribution in [2.45, 2.75) is 91.3 Å². The number of imide groups is 1. The fourth-order valence-electron chi connectivity index (χ4n) is 9.10. The summed E-state index contributed by atoms with van der Waals surface area (Å²) >= 11 is 0.820. The Morgan fingerprint density at radius 1 is 0.795 bits per heavy atom. The third-order valence-corrected chi connectivity index (χ3v) is 16.8. The maximum absolute atomic E-state index is 15.7. The molecule has 2 unspecified atom stereocenters. The Morgan fingerprint density at radius 3 is 2.15 bits per heavy atom. The molecule has 4 amide bonds. The van der Waals surface area contributed by atoms with Crippen LogP contribution in [0.15, 0.2) is 79.7 Å². The van der Waals surface area contributed by atoms with E-state index in [0.29, 0.717) is 47.8 Å². The molecule has 0 bridgehead atoms. The summed E-state index contributed by atoms with van der Waals surface area (Å²) < 4.78 is 114. The first-order valence-electron chi connectivity index (χ1n) is 24.6. The molecule has 0 spiro atoms. The third kappa shape index (κ3) is 14.0. The van der Waals surface area contributed by atoms with E-state index in [0.717, 1.165) is 35.9 Å². The van der Waals surface area contributed by atoms with Crippen LogP contribution in [0.3, 0.4) is 0 Å². The molecule has 2 aliphatic carbocycles. The molecular weight excluding hydrogens is 1090 g/mol. The summed E-state index contributed by atoms with van der Waals surface area (Å²) in [6, 6.07) is 12.9. The number of carboxylic acids is 2. The van der Waals surface area contributed by atoms with E-state index in [1.807, 2.05) is 0 Å². The van der Waals surface area contributed by atoms with Gasteiger partial charge in [-0.3, -0.25) is 24.0 Å². The highest BCUT2D eigenvalue weighted by Crippen LogP contribution is 2.43. The average molecular weight is 1150 g/mol. The Labute approximate surface area is 448 Å². The van der Waals surface area contributed by atoms with Gasteiger partial charge in [0, 0.05) is 60.2 Å². The Balaban J connectivity index is 0.835. The molecule has 3 aromatic rings. The number of sulfonamides is 1. The summed E-state index contributed by atoms with van der Waals surface area (Å²) in [5.41, 5.74) is -0.200. The molecule has 2 heterocycles. The molecule has 3 aromatic carbocycles. The molecule has 2 fully saturated rings. The number of aromatic carboxylic acids is 1. The number of rotatable bonds is 24. The number of halogens is 3. The molecule has 21 nitrogen and oxygen atoms in total. The summed E-state index contributed by atoms with van der Waals surface area (Å²) in [6.45, 7) is -0.521. The van der Waals surface area contributed by atoms with Crippen LogP contribution in [0.2, 0.25) is 0 Å². The number of hydrogen-bond acceptors (Lipinski definition) is 16. The zero-order valence-corrected chi connectivity index (χ0v) is 44.0.